The van der Waals surface area contributed by atoms with Gasteiger partial charge in [0, 0.05) is 39.3 Å². The van der Waals surface area contributed by atoms with Gasteiger partial charge in [-0.1, -0.05) is 12.1 Å². The van der Waals surface area contributed by atoms with Gasteiger partial charge in [0.2, 0.25) is 10.0 Å². The maximum atomic E-state index is 12.8. The molecule has 24 heavy (non-hydrogen) atoms. The highest BCUT2D eigenvalue weighted by Gasteiger charge is 2.33. The van der Waals surface area contributed by atoms with Crippen LogP contribution in [0.1, 0.15) is 31.2 Å². The van der Waals surface area contributed by atoms with Crippen LogP contribution in [0, 0.1) is 6.92 Å². The van der Waals surface area contributed by atoms with E-state index in [4.69, 9.17) is 4.74 Å². The zero-order valence-electron chi connectivity index (χ0n) is 14.6. The topological polar surface area (TPSA) is 49.9 Å². The van der Waals surface area contributed by atoms with E-state index < -0.39 is 10.0 Å². The molecule has 0 aliphatic carbocycles. The smallest absolute Gasteiger partial charge is 0.243 e. The number of sulfonamides is 1. The molecule has 1 aromatic rings. The van der Waals surface area contributed by atoms with E-state index >= 15 is 0 Å². The second kappa shape index (κ2) is 7.52. The fourth-order valence-corrected chi connectivity index (χ4v) is 5.42. The number of ether oxygens (including phenoxy) is 1. The lowest BCUT2D eigenvalue weighted by Gasteiger charge is -2.41. The molecule has 2 saturated heterocycles. The van der Waals surface area contributed by atoms with Crippen LogP contribution in [0.5, 0.6) is 0 Å². The van der Waals surface area contributed by atoms with E-state index in [-0.39, 0.29) is 0 Å². The van der Waals surface area contributed by atoms with Crippen molar-refractivity contribution in [3.8, 4) is 0 Å². The van der Waals surface area contributed by atoms with Crippen molar-refractivity contribution in [3.05, 3.63) is 29.8 Å². The van der Waals surface area contributed by atoms with Crippen LogP contribution in [-0.2, 0) is 14.8 Å². The van der Waals surface area contributed by atoms with Crippen molar-refractivity contribution in [1.29, 1.82) is 0 Å². The van der Waals surface area contributed by atoms with Gasteiger partial charge in [-0.05, 0) is 50.3 Å². The van der Waals surface area contributed by atoms with Crippen LogP contribution in [0.4, 0.5) is 0 Å². The first kappa shape index (κ1) is 17.9. The molecule has 0 N–H and O–H groups in total. The average Bonchev–Trinajstić information content (AvgIpc) is 2.62. The van der Waals surface area contributed by atoms with Gasteiger partial charge in [-0.25, -0.2) is 8.42 Å². The molecule has 6 heteroatoms. The number of piperidine rings is 2. The Labute approximate surface area is 145 Å². The summed E-state index contributed by atoms with van der Waals surface area (Å²) in [5.41, 5.74) is 0.979. The third-order valence-electron chi connectivity index (χ3n) is 5.38. The van der Waals surface area contributed by atoms with Crippen molar-refractivity contribution in [2.24, 2.45) is 0 Å². The summed E-state index contributed by atoms with van der Waals surface area (Å²) < 4.78 is 32.7. The van der Waals surface area contributed by atoms with Gasteiger partial charge in [-0.2, -0.15) is 4.31 Å². The summed E-state index contributed by atoms with van der Waals surface area (Å²) in [5, 5.41) is 0. The van der Waals surface area contributed by atoms with Crippen molar-refractivity contribution in [1.82, 2.24) is 9.21 Å². The van der Waals surface area contributed by atoms with Gasteiger partial charge in [0.25, 0.3) is 0 Å². The van der Waals surface area contributed by atoms with Crippen LogP contribution in [0.15, 0.2) is 29.2 Å². The number of rotatable bonds is 4. The predicted molar refractivity (Wildman–Crippen MR) is 94.6 cm³/mol. The van der Waals surface area contributed by atoms with Crippen LogP contribution in [0.2, 0.25) is 0 Å². The van der Waals surface area contributed by atoms with E-state index in [0.29, 0.717) is 30.1 Å². The Morgan fingerprint density at radius 1 is 1.04 bits per heavy atom. The summed E-state index contributed by atoms with van der Waals surface area (Å²) in [7, 11) is -1.57. The molecule has 0 aromatic heterocycles. The molecule has 2 heterocycles. The highest BCUT2D eigenvalue weighted by atomic mass is 32.2. The van der Waals surface area contributed by atoms with Crippen LogP contribution in [0.25, 0.3) is 0 Å². The van der Waals surface area contributed by atoms with Crippen molar-refractivity contribution in [2.45, 2.75) is 49.6 Å². The summed E-state index contributed by atoms with van der Waals surface area (Å²) in [6.07, 6.45) is 4.39. The van der Waals surface area contributed by atoms with Gasteiger partial charge in [-0.3, -0.25) is 0 Å². The molecule has 0 radical (unpaired) electrons. The summed E-state index contributed by atoms with van der Waals surface area (Å²) in [6.45, 7) is 5.28. The third kappa shape index (κ3) is 3.82. The number of nitrogens with zero attached hydrogens (tertiary/aromatic N) is 2. The lowest BCUT2D eigenvalue weighted by Crippen LogP contribution is -2.49. The number of hydrogen-bond acceptors (Lipinski definition) is 4. The minimum Gasteiger partial charge on any atom is -0.381 e. The lowest BCUT2D eigenvalue weighted by molar-refractivity contribution is 0.0190. The molecule has 3 rings (SSSR count). The van der Waals surface area contributed by atoms with Gasteiger partial charge >= 0.3 is 0 Å². The molecule has 0 spiro atoms. The number of hydrogen-bond donors (Lipinski definition) is 0. The molecule has 0 amide bonds. The Balaban J connectivity index is 1.59. The molecule has 5 nitrogen and oxygen atoms in total. The summed E-state index contributed by atoms with van der Waals surface area (Å²) in [6, 6.07) is 7.71. The number of aryl methyl sites for hydroxylation is 1. The second-order valence-corrected chi connectivity index (χ2v) is 8.86. The summed E-state index contributed by atoms with van der Waals surface area (Å²) in [5.74, 6) is 0. The second-order valence-electron chi connectivity index (χ2n) is 6.92. The first-order valence-corrected chi connectivity index (χ1v) is 10.3. The molecule has 1 aromatic carbocycles. The van der Waals surface area contributed by atoms with Crippen LogP contribution < -0.4 is 0 Å². The van der Waals surface area contributed by atoms with Gasteiger partial charge in [0.1, 0.15) is 0 Å². The minimum atomic E-state index is -3.36. The van der Waals surface area contributed by atoms with Gasteiger partial charge in [0.05, 0.1) is 11.0 Å². The molecule has 2 fully saturated rings. The Morgan fingerprint density at radius 3 is 2.29 bits per heavy atom. The maximum absolute atomic E-state index is 12.8. The van der Waals surface area contributed by atoms with Gasteiger partial charge < -0.3 is 9.64 Å². The molecular weight excluding hydrogens is 324 g/mol. The van der Waals surface area contributed by atoms with E-state index in [9.17, 15) is 8.42 Å². The third-order valence-corrected chi connectivity index (χ3v) is 7.27. The fraction of sp³-hybridized carbons (Fsp3) is 0.667. The molecular formula is C18H28N2O3S. The first-order valence-electron chi connectivity index (χ1n) is 8.84. The summed E-state index contributed by atoms with van der Waals surface area (Å²) >= 11 is 0. The maximum Gasteiger partial charge on any atom is 0.243 e. The van der Waals surface area contributed by atoms with Crippen LogP contribution >= 0.6 is 0 Å². The fourth-order valence-electron chi connectivity index (χ4n) is 3.85. The standard InChI is InChI=1S/C18H28N2O3S/c1-15-4-3-5-18(14-15)24(21,22)20-12-6-16(7-13-20)19-10-8-17(23-2)9-11-19/h3-5,14,16-17H,6-13H2,1-2H3. The Bertz CT molecular complexity index is 646. The molecule has 0 unspecified atom stereocenters. The number of methoxy groups -OCH3 is 1. The normalized spacial score (nSPS) is 22.8. The molecule has 2 aliphatic rings. The largest absolute Gasteiger partial charge is 0.381 e. The Hall–Kier alpha value is -0.950. The van der Waals surface area contributed by atoms with E-state index in [2.05, 4.69) is 4.90 Å². The van der Waals surface area contributed by atoms with Gasteiger partial charge in [-0.15, -0.1) is 0 Å². The zero-order valence-corrected chi connectivity index (χ0v) is 15.5. The Kier molecular flexibility index (Phi) is 5.59. The first-order chi connectivity index (χ1) is 11.5. The minimum absolute atomic E-state index is 0.392. The molecule has 0 bridgehead atoms. The Morgan fingerprint density at radius 2 is 1.71 bits per heavy atom. The monoisotopic (exact) mass is 352 g/mol. The highest BCUT2D eigenvalue weighted by molar-refractivity contribution is 7.89. The van der Waals surface area contributed by atoms with Gasteiger partial charge in [0.15, 0.2) is 0 Å². The SMILES string of the molecule is COC1CCN(C2CCN(S(=O)(=O)c3cccc(C)c3)CC2)CC1. The average molecular weight is 353 g/mol. The van der Waals surface area contributed by atoms with Crippen LogP contribution in [0.3, 0.4) is 0 Å². The molecule has 134 valence electrons. The lowest BCUT2D eigenvalue weighted by atomic mass is 10.00. The number of likely N-dealkylation sites (tertiary alicyclic amines) is 1. The van der Waals surface area contributed by atoms with Crippen molar-refractivity contribution < 1.29 is 13.2 Å². The molecule has 2 aliphatic heterocycles. The van der Waals surface area contributed by atoms with E-state index in [0.717, 1.165) is 44.3 Å². The van der Waals surface area contributed by atoms with Crippen molar-refractivity contribution in [3.63, 3.8) is 0 Å². The van der Waals surface area contributed by atoms with Crippen LogP contribution in [-0.4, -0.2) is 63.1 Å². The highest BCUT2D eigenvalue weighted by Crippen LogP contribution is 2.26. The van der Waals surface area contributed by atoms with E-state index in [1.165, 1.54) is 0 Å². The molecule has 0 atom stereocenters. The predicted octanol–water partition coefficient (Wildman–Crippen LogP) is 2.26. The quantitative estimate of drug-likeness (QED) is 0.834. The number of benzene rings is 1. The summed E-state index contributed by atoms with van der Waals surface area (Å²) in [4.78, 5) is 2.94. The van der Waals surface area contributed by atoms with E-state index in [1.807, 2.05) is 19.1 Å². The zero-order chi connectivity index (χ0) is 17.2. The van der Waals surface area contributed by atoms with Crippen molar-refractivity contribution in [2.75, 3.05) is 33.3 Å². The van der Waals surface area contributed by atoms with Crippen molar-refractivity contribution >= 4 is 10.0 Å². The van der Waals surface area contributed by atoms with E-state index in [1.54, 1.807) is 23.5 Å². The molecule has 0 saturated carbocycles.